The molecule has 1 heterocycles. The number of amides is 1. The number of ether oxygens (including phenoxy) is 1. The van der Waals surface area contributed by atoms with Crippen LogP contribution in [-0.4, -0.2) is 18.0 Å². The van der Waals surface area contributed by atoms with Crippen molar-refractivity contribution < 1.29 is 18.3 Å². The van der Waals surface area contributed by atoms with Gasteiger partial charge in [0, 0.05) is 5.56 Å². The summed E-state index contributed by atoms with van der Waals surface area (Å²) >= 11 is 0. The lowest BCUT2D eigenvalue weighted by Gasteiger charge is -2.06. The Morgan fingerprint density at radius 1 is 1.22 bits per heavy atom. The first-order valence-electron chi connectivity index (χ1n) is 6.83. The van der Waals surface area contributed by atoms with Crippen molar-refractivity contribution in [3.63, 3.8) is 0 Å². The predicted octanol–water partition coefficient (Wildman–Crippen LogP) is 3.74. The van der Waals surface area contributed by atoms with Gasteiger partial charge in [-0.25, -0.2) is 9.37 Å². The van der Waals surface area contributed by atoms with Crippen molar-refractivity contribution in [3.05, 3.63) is 66.4 Å². The fourth-order valence-corrected chi connectivity index (χ4v) is 2.12. The molecule has 5 nitrogen and oxygen atoms in total. The zero-order valence-corrected chi connectivity index (χ0v) is 12.2. The molecule has 0 bridgehead atoms. The highest BCUT2D eigenvalue weighted by Crippen LogP contribution is 2.27. The lowest BCUT2D eigenvalue weighted by atomic mass is 10.1. The van der Waals surface area contributed by atoms with Gasteiger partial charge in [-0.05, 0) is 24.3 Å². The fourth-order valence-electron chi connectivity index (χ4n) is 2.12. The van der Waals surface area contributed by atoms with Crippen LogP contribution < -0.4 is 10.1 Å². The van der Waals surface area contributed by atoms with Crippen LogP contribution in [0.1, 0.15) is 10.5 Å². The van der Waals surface area contributed by atoms with Gasteiger partial charge in [0.25, 0.3) is 5.91 Å². The van der Waals surface area contributed by atoms with Crippen LogP contribution in [0.2, 0.25) is 0 Å². The number of nitrogens with one attached hydrogen (secondary N) is 1. The number of nitrogens with zero attached hydrogens (tertiary/aromatic N) is 1. The van der Waals surface area contributed by atoms with E-state index in [1.807, 2.05) is 0 Å². The summed E-state index contributed by atoms with van der Waals surface area (Å²) in [7, 11) is 1.55. The zero-order chi connectivity index (χ0) is 16.2. The molecule has 0 saturated carbocycles. The van der Waals surface area contributed by atoms with Gasteiger partial charge in [-0.2, -0.15) is 0 Å². The van der Waals surface area contributed by atoms with E-state index >= 15 is 0 Å². The molecular weight excluding hydrogens is 299 g/mol. The van der Waals surface area contributed by atoms with Gasteiger partial charge in [-0.3, -0.25) is 4.79 Å². The van der Waals surface area contributed by atoms with Crippen LogP contribution in [0.5, 0.6) is 5.75 Å². The minimum atomic E-state index is -0.554. The smallest absolute Gasteiger partial charge is 0.278 e. The minimum Gasteiger partial charge on any atom is -0.497 e. The van der Waals surface area contributed by atoms with Crippen LogP contribution in [0, 0.1) is 5.82 Å². The number of hydrogen-bond donors (Lipinski definition) is 1. The average molecular weight is 312 g/mol. The van der Waals surface area contributed by atoms with Crippen LogP contribution >= 0.6 is 0 Å². The summed E-state index contributed by atoms with van der Waals surface area (Å²) in [6, 6.07) is 12.9. The molecule has 0 aliphatic carbocycles. The van der Waals surface area contributed by atoms with Gasteiger partial charge in [-0.1, -0.05) is 24.3 Å². The SMILES string of the molecule is COc1cccc(-c2ocnc2C(=O)Nc2ccccc2F)c1. The van der Waals surface area contributed by atoms with Crippen LogP contribution in [0.15, 0.2) is 59.3 Å². The average Bonchev–Trinajstić information content (AvgIpc) is 3.07. The van der Waals surface area contributed by atoms with E-state index in [1.54, 1.807) is 43.5 Å². The molecule has 0 unspecified atom stereocenters. The van der Waals surface area contributed by atoms with Crippen molar-refractivity contribution >= 4 is 11.6 Å². The Morgan fingerprint density at radius 2 is 2.04 bits per heavy atom. The highest BCUT2D eigenvalue weighted by Gasteiger charge is 2.19. The Labute approximate surface area is 131 Å². The Kier molecular flexibility index (Phi) is 4.05. The van der Waals surface area contributed by atoms with Crippen molar-refractivity contribution in [1.82, 2.24) is 4.98 Å². The molecule has 3 aromatic rings. The third-order valence-corrected chi connectivity index (χ3v) is 3.24. The van der Waals surface area contributed by atoms with E-state index in [4.69, 9.17) is 9.15 Å². The molecule has 3 rings (SSSR count). The lowest BCUT2D eigenvalue weighted by Crippen LogP contribution is -2.14. The maximum absolute atomic E-state index is 13.6. The Balaban J connectivity index is 1.91. The molecule has 0 radical (unpaired) electrons. The summed E-state index contributed by atoms with van der Waals surface area (Å²) in [4.78, 5) is 16.3. The highest BCUT2D eigenvalue weighted by molar-refractivity contribution is 6.06. The van der Waals surface area contributed by atoms with Gasteiger partial charge >= 0.3 is 0 Å². The van der Waals surface area contributed by atoms with Crippen molar-refractivity contribution in [2.24, 2.45) is 0 Å². The first-order valence-corrected chi connectivity index (χ1v) is 6.83. The van der Waals surface area contributed by atoms with Crippen LogP contribution in [-0.2, 0) is 0 Å². The molecule has 23 heavy (non-hydrogen) atoms. The second-order valence-electron chi connectivity index (χ2n) is 4.70. The summed E-state index contributed by atoms with van der Waals surface area (Å²) in [5.74, 6) is -0.161. The number of para-hydroxylation sites is 1. The van der Waals surface area contributed by atoms with Gasteiger partial charge in [-0.15, -0.1) is 0 Å². The fraction of sp³-hybridized carbons (Fsp3) is 0.0588. The molecule has 1 amide bonds. The number of carbonyl (C=O) groups is 1. The summed E-state index contributed by atoms with van der Waals surface area (Å²) in [5, 5.41) is 2.48. The van der Waals surface area contributed by atoms with E-state index in [-0.39, 0.29) is 17.1 Å². The molecule has 6 heteroatoms. The number of halogens is 1. The Hall–Kier alpha value is -3.15. The van der Waals surface area contributed by atoms with E-state index in [1.165, 1.54) is 18.5 Å². The summed E-state index contributed by atoms with van der Waals surface area (Å²) < 4.78 is 24.1. The van der Waals surface area contributed by atoms with E-state index in [9.17, 15) is 9.18 Å². The molecule has 0 atom stereocenters. The first-order chi connectivity index (χ1) is 11.2. The standard InChI is InChI=1S/C17H13FN2O3/c1-22-12-6-4-5-11(9-12)16-15(19-10-23-16)17(21)20-14-8-3-2-7-13(14)18/h2-10H,1H3,(H,20,21). The second kappa shape index (κ2) is 6.31. The topological polar surface area (TPSA) is 64.4 Å². The van der Waals surface area contributed by atoms with Crippen LogP contribution in [0.25, 0.3) is 11.3 Å². The van der Waals surface area contributed by atoms with E-state index in [2.05, 4.69) is 10.3 Å². The third-order valence-electron chi connectivity index (χ3n) is 3.24. The number of methoxy groups -OCH3 is 1. The van der Waals surface area contributed by atoms with Gasteiger partial charge in [0.2, 0.25) is 0 Å². The summed E-state index contributed by atoms with van der Waals surface area (Å²) in [6.07, 6.45) is 1.17. The molecule has 0 aliphatic rings. The lowest BCUT2D eigenvalue weighted by molar-refractivity contribution is 0.102. The molecule has 0 aliphatic heterocycles. The number of carbonyl (C=O) groups excluding carboxylic acids is 1. The Bertz CT molecular complexity index is 845. The highest BCUT2D eigenvalue weighted by atomic mass is 19.1. The summed E-state index contributed by atoms with van der Waals surface area (Å²) in [6.45, 7) is 0. The monoisotopic (exact) mass is 312 g/mol. The molecule has 0 fully saturated rings. The predicted molar refractivity (Wildman–Crippen MR) is 82.8 cm³/mol. The van der Waals surface area contributed by atoms with Gasteiger partial charge in [0.15, 0.2) is 17.8 Å². The van der Waals surface area contributed by atoms with Gasteiger partial charge in [0.1, 0.15) is 11.6 Å². The molecule has 2 aromatic carbocycles. The van der Waals surface area contributed by atoms with Crippen molar-refractivity contribution in [2.75, 3.05) is 12.4 Å². The van der Waals surface area contributed by atoms with Crippen LogP contribution in [0.4, 0.5) is 10.1 Å². The molecule has 1 N–H and O–H groups in total. The molecule has 0 spiro atoms. The maximum atomic E-state index is 13.6. The van der Waals surface area contributed by atoms with E-state index < -0.39 is 11.7 Å². The van der Waals surface area contributed by atoms with Crippen LogP contribution in [0.3, 0.4) is 0 Å². The Morgan fingerprint density at radius 3 is 2.83 bits per heavy atom. The normalized spacial score (nSPS) is 10.3. The third kappa shape index (κ3) is 3.06. The number of benzene rings is 2. The zero-order valence-electron chi connectivity index (χ0n) is 12.2. The molecular formula is C17H13FN2O3. The number of hydrogen-bond acceptors (Lipinski definition) is 4. The van der Waals surface area contributed by atoms with E-state index in [0.29, 0.717) is 11.3 Å². The number of oxazole rings is 1. The molecule has 116 valence electrons. The van der Waals surface area contributed by atoms with Crippen molar-refractivity contribution in [1.29, 1.82) is 0 Å². The van der Waals surface area contributed by atoms with Crippen molar-refractivity contribution in [2.45, 2.75) is 0 Å². The summed E-state index contributed by atoms with van der Waals surface area (Å²) in [5.41, 5.74) is 0.791. The first kappa shape index (κ1) is 14.8. The van der Waals surface area contributed by atoms with E-state index in [0.717, 1.165) is 0 Å². The number of aromatic nitrogens is 1. The molecule has 0 saturated heterocycles. The van der Waals surface area contributed by atoms with Gasteiger partial charge < -0.3 is 14.5 Å². The maximum Gasteiger partial charge on any atom is 0.278 e. The number of anilines is 1. The largest absolute Gasteiger partial charge is 0.497 e. The second-order valence-corrected chi connectivity index (χ2v) is 4.70. The molecule has 1 aromatic heterocycles. The quantitative estimate of drug-likeness (QED) is 0.797. The number of rotatable bonds is 4. The van der Waals surface area contributed by atoms with Gasteiger partial charge in [0.05, 0.1) is 12.8 Å². The minimum absolute atomic E-state index is 0.0708. The van der Waals surface area contributed by atoms with Crippen molar-refractivity contribution in [3.8, 4) is 17.1 Å².